The van der Waals surface area contributed by atoms with Gasteiger partial charge in [0.2, 0.25) is 0 Å². The van der Waals surface area contributed by atoms with Gasteiger partial charge in [0.25, 0.3) is 5.91 Å². The number of aromatic nitrogens is 1. The van der Waals surface area contributed by atoms with Gasteiger partial charge >= 0.3 is 0 Å². The molecule has 1 aromatic heterocycles. The summed E-state index contributed by atoms with van der Waals surface area (Å²) >= 11 is 1.51. The number of benzene rings is 2. The van der Waals surface area contributed by atoms with Crippen molar-refractivity contribution in [3.63, 3.8) is 0 Å². The molecule has 2 N–H and O–H groups in total. The van der Waals surface area contributed by atoms with Crippen LogP contribution in [-0.4, -0.2) is 29.8 Å². The predicted octanol–water partition coefficient (Wildman–Crippen LogP) is 3.81. The summed E-state index contributed by atoms with van der Waals surface area (Å²) in [6, 6.07) is 14.8. The fourth-order valence-electron chi connectivity index (χ4n) is 2.29. The fraction of sp³-hybridized carbons (Fsp3) is 0.150. The molecule has 1 atom stereocenters. The number of nitrogens with zero attached hydrogens (tertiary/aromatic N) is 2. The second kappa shape index (κ2) is 8.95. The van der Waals surface area contributed by atoms with Crippen molar-refractivity contribution < 1.29 is 9.53 Å². The van der Waals surface area contributed by atoms with Crippen LogP contribution in [0.5, 0.6) is 5.75 Å². The average Bonchev–Trinajstić information content (AvgIpc) is 3.08. The Bertz CT molecular complexity index is 934. The van der Waals surface area contributed by atoms with Crippen LogP contribution < -0.4 is 15.5 Å². The van der Waals surface area contributed by atoms with Gasteiger partial charge in [-0.25, -0.2) is 10.4 Å². The molecule has 27 heavy (non-hydrogen) atoms. The summed E-state index contributed by atoms with van der Waals surface area (Å²) in [5.41, 5.74) is 4.27. The van der Waals surface area contributed by atoms with Crippen LogP contribution in [0.25, 0.3) is 10.2 Å². The normalized spacial score (nSPS) is 12.0. The number of fused-ring (bicyclic) bond motifs is 1. The number of hydrogen-bond acceptors (Lipinski definition) is 6. The maximum absolute atomic E-state index is 12.2. The lowest BCUT2D eigenvalue weighted by Crippen LogP contribution is -2.34. The highest BCUT2D eigenvalue weighted by atomic mass is 32.1. The third-order valence-corrected chi connectivity index (χ3v) is 4.61. The summed E-state index contributed by atoms with van der Waals surface area (Å²) in [6.45, 7) is 5.82. The highest BCUT2D eigenvalue weighted by Crippen LogP contribution is 2.25. The number of para-hydroxylation sites is 1. The SMILES string of the molecule is C=CCOc1cccc(/C=N\NC(=O)[C@@H](C)Nc2nc3ccccc3s2)c1. The highest BCUT2D eigenvalue weighted by molar-refractivity contribution is 7.22. The summed E-state index contributed by atoms with van der Waals surface area (Å²) < 4.78 is 6.54. The molecule has 1 heterocycles. The highest BCUT2D eigenvalue weighted by Gasteiger charge is 2.14. The number of rotatable bonds is 8. The number of hydrogen-bond donors (Lipinski definition) is 2. The van der Waals surface area contributed by atoms with E-state index in [1.165, 1.54) is 11.3 Å². The molecular weight excluding hydrogens is 360 g/mol. The van der Waals surface area contributed by atoms with Crippen LogP contribution in [0.2, 0.25) is 0 Å². The van der Waals surface area contributed by atoms with Gasteiger partial charge < -0.3 is 10.1 Å². The molecule has 0 saturated heterocycles. The standard InChI is InChI=1S/C20H20N4O2S/c1-3-11-26-16-8-6-7-15(12-16)13-21-24-19(25)14(2)22-20-23-17-9-4-5-10-18(17)27-20/h3-10,12-14H,1,11H2,2H3,(H,22,23)(H,24,25)/b21-13-/t14-/m1/s1. The van der Waals surface area contributed by atoms with Gasteiger partial charge in [0.1, 0.15) is 18.4 Å². The van der Waals surface area contributed by atoms with Crippen molar-refractivity contribution >= 4 is 38.8 Å². The van der Waals surface area contributed by atoms with Gasteiger partial charge in [-0.15, -0.1) is 0 Å². The first-order valence-corrected chi connectivity index (χ1v) is 9.26. The number of nitrogens with one attached hydrogen (secondary N) is 2. The van der Waals surface area contributed by atoms with Crippen LogP contribution >= 0.6 is 11.3 Å². The molecule has 0 fully saturated rings. The Hall–Kier alpha value is -3.19. The number of ether oxygens (including phenoxy) is 1. The monoisotopic (exact) mass is 380 g/mol. The Morgan fingerprint density at radius 2 is 2.19 bits per heavy atom. The van der Waals surface area contributed by atoms with Gasteiger partial charge in [-0.05, 0) is 36.8 Å². The Morgan fingerprint density at radius 1 is 1.33 bits per heavy atom. The van der Waals surface area contributed by atoms with E-state index in [1.807, 2.05) is 48.5 Å². The molecule has 0 unspecified atom stereocenters. The van der Waals surface area contributed by atoms with E-state index < -0.39 is 6.04 Å². The molecule has 2 aromatic carbocycles. The molecule has 0 radical (unpaired) electrons. The van der Waals surface area contributed by atoms with Crippen molar-refractivity contribution in [3.8, 4) is 5.75 Å². The lowest BCUT2D eigenvalue weighted by Gasteiger charge is -2.10. The Labute approximate surface area is 161 Å². The molecule has 7 heteroatoms. The molecule has 3 rings (SSSR count). The number of hydrazone groups is 1. The first-order chi connectivity index (χ1) is 13.2. The summed E-state index contributed by atoms with van der Waals surface area (Å²) in [5, 5.41) is 7.82. The zero-order valence-electron chi connectivity index (χ0n) is 14.9. The van der Waals surface area contributed by atoms with E-state index in [-0.39, 0.29) is 5.91 Å². The van der Waals surface area contributed by atoms with Crippen molar-refractivity contribution in [1.82, 2.24) is 10.4 Å². The number of thiazole rings is 1. The maximum Gasteiger partial charge on any atom is 0.262 e. The van der Waals surface area contributed by atoms with E-state index in [2.05, 4.69) is 27.4 Å². The average molecular weight is 380 g/mol. The number of carbonyl (C=O) groups excluding carboxylic acids is 1. The smallest absolute Gasteiger partial charge is 0.262 e. The first-order valence-electron chi connectivity index (χ1n) is 8.44. The molecule has 6 nitrogen and oxygen atoms in total. The molecule has 0 aliphatic carbocycles. The van der Waals surface area contributed by atoms with Gasteiger partial charge in [-0.2, -0.15) is 5.10 Å². The largest absolute Gasteiger partial charge is 0.490 e. The van der Waals surface area contributed by atoms with Crippen LogP contribution in [0.3, 0.4) is 0 Å². The van der Waals surface area contributed by atoms with Crippen molar-refractivity contribution in [3.05, 3.63) is 66.7 Å². The molecule has 0 aliphatic rings. The molecule has 0 saturated carbocycles. The van der Waals surface area contributed by atoms with E-state index in [1.54, 1.807) is 19.2 Å². The van der Waals surface area contributed by atoms with Crippen LogP contribution in [0.15, 0.2) is 66.3 Å². The van der Waals surface area contributed by atoms with Gasteiger partial charge in [0.15, 0.2) is 5.13 Å². The number of anilines is 1. The lowest BCUT2D eigenvalue weighted by molar-refractivity contribution is -0.121. The Balaban J connectivity index is 1.55. The minimum atomic E-state index is -0.468. The third kappa shape index (κ3) is 5.15. The minimum Gasteiger partial charge on any atom is -0.490 e. The van der Waals surface area contributed by atoms with Gasteiger partial charge in [0, 0.05) is 0 Å². The van der Waals surface area contributed by atoms with Crippen LogP contribution in [0, 0.1) is 0 Å². The van der Waals surface area contributed by atoms with Crippen LogP contribution in [-0.2, 0) is 4.79 Å². The summed E-state index contributed by atoms with van der Waals surface area (Å²) in [4.78, 5) is 16.7. The predicted molar refractivity (Wildman–Crippen MR) is 111 cm³/mol. The van der Waals surface area contributed by atoms with Crippen LogP contribution in [0.4, 0.5) is 5.13 Å². The number of carbonyl (C=O) groups is 1. The van der Waals surface area contributed by atoms with E-state index in [4.69, 9.17) is 4.74 Å². The van der Waals surface area contributed by atoms with Crippen molar-refractivity contribution in [2.75, 3.05) is 11.9 Å². The second-order valence-corrected chi connectivity index (χ2v) is 6.79. The molecule has 1 amide bonds. The molecule has 0 spiro atoms. The van der Waals surface area contributed by atoms with Crippen LogP contribution in [0.1, 0.15) is 12.5 Å². The fourth-order valence-corrected chi connectivity index (χ4v) is 3.24. The van der Waals surface area contributed by atoms with E-state index in [0.29, 0.717) is 11.7 Å². The quantitative estimate of drug-likeness (QED) is 0.354. The van der Waals surface area contributed by atoms with Gasteiger partial charge in [0.05, 0.1) is 16.4 Å². The number of amides is 1. The van der Waals surface area contributed by atoms with Crippen molar-refractivity contribution in [1.29, 1.82) is 0 Å². The molecule has 3 aromatic rings. The second-order valence-electron chi connectivity index (χ2n) is 5.76. The summed E-state index contributed by atoms with van der Waals surface area (Å²) in [6.07, 6.45) is 3.25. The minimum absolute atomic E-state index is 0.246. The van der Waals surface area contributed by atoms with Gasteiger partial charge in [-0.3, -0.25) is 4.79 Å². The zero-order chi connectivity index (χ0) is 19.1. The van der Waals surface area contributed by atoms with Gasteiger partial charge in [-0.1, -0.05) is 48.3 Å². The molecule has 0 bridgehead atoms. The summed E-state index contributed by atoms with van der Waals surface area (Å²) in [5.74, 6) is 0.473. The molecular formula is C20H20N4O2S. The summed E-state index contributed by atoms with van der Waals surface area (Å²) in [7, 11) is 0. The zero-order valence-corrected chi connectivity index (χ0v) is 15.7. The lowest BCUT2D eigenvalue weighted by atomic mass is 10.2. The maximum atomic E-state index is 12.2. The molecule has 0 aliphatic heterocycles. The Morgan fingerprint density at radius 3 is 3.00 bits per heavy atom. The van der Waals surface area contributed by atoms with Crippen molar-refractivity contribution in [2.45, 2.75) is 13.0 Å². The third-order valence-electron chi connectivity index (χ3n) is 3.64. The van der Waals surface area contributed by atoms with E-state index >= 15 is 0 Å². The Kier molecular flexibility index (Phi) is 6.17. The first kappa shape index (κ1) is 18.6. The molecule has 138 valence electrons. The van der Waals surface area contributed by atoms with Crippen molar-refractivity contribution in [2.24, 2.45) is 5.10 Å². The topological polar surface area (TPSA) is 75.6 Å². The van der Waals surface area contributed by atoms with E-state index in [0.717, 1.165) is 21.5 Å². The van der Waals surface area contributed by atoms with E-state index in [9.17, 15) is 4.79 Å².